The average Bonchev–Trinajstić information content (AvgIpc) is 2.85. The fraction of sp³-hybridized carbons (Fsp3) is 0.0833. The van der Waals surface area contributed by atoms with Crippen LogP contribution in [-0.2, 0) is 6.54 Å². The van der Waals surface area contributed by atoms with Crippen molar-refractivity contribution >= 4 is 33.0 Å². The Bertz CT molecular complexity index is 644. The van der Waals surface area contributed by atoms with E-state index in [1.54, 1.807) is 21.4 Å². The predicted molar refractivity (Wildman–Crippen MR) is 69.5 cm³/mol. The first kappa shape index (κ1) is 9.81. The summed E-state index contributed by atoms with van der Waals surface area (Å²) in [5, 5.41) is 3.09. The molecule has 0 aliphatic carbocycles. The third-order valence-corrected chi connectivity index (χ3v) is 4.34. The highest BCUT2D eigenvalue weighted by atomic mass is 32.1. The lowest BCUT2D eigenvalue weighted by molar-refractivity contribution is 0.865. The molecule has 0 bridgehead atoms. The van der Waals surface area contributed by atoms with Crippen molar-refractivity contribution in [3.63, 3.8) is 0 Å². The van der Waals surface area contributed by atoms with Gasteiger partial charge in [0.2, 0.25) is 0 Å². The van der Waals surface area contributed by atoms with Gasteiger partial charge in [0.05, 0.1) is 6.54 Å². The molecule has 1 aromatic carbocycles. The van der Waals surface area contributed by atoms with E-state index >= 15 is 0 Å². The SMILES string of the molecule is O=c1ccsn1Cc1cc2ccccc2s1. The first-order valence-corrected chi connectivity index (χ1v) is 6.60. The molecule has 2 nitrogen and oxygen atoms in total. The third kappa shape index (κ3) is 1.70. The fourth-order valence-corrected chi connectivity index (χ4v) is 3.51. The normalized spacial score (nSPS) is 11.0. The van der Waals surface area contributed by atoms with E-state index in [2.05, 4.69) is 18.2 Å². The second-order valence-electron chi connectivity index (χ2n) is 3.53. The molecule has 4 heteroatoms. The monoisotopic (exact) mass is 247 g/mol. The Morgan fingerprint density at radius 1 is 1.19 bits per heavy atom. The maximum Gasteiger partial charge on any atom is 0.260 e. The highest BCUT2D eigenvalue weighted by Crippen LogP contribution is 2.25. The second kappa shape index (κ2) is 3.88. The van der Waals surface area contributed by atoms with Crippen molar-refractivity contribution in [2.75, 3.05) is 0 Å². The highest BCUT2D eigenvalue weighted by molar-refractivity contribution is 7.19. The summed E-state index contributed by atoms with van der Waals surface area (Å²) >= 11 is 3.22. The molecule has 0 saturated heterocycles. The maximum absolute atomic E-state index is 11.4. The Morgan fingerprint density at radius 2 is 2.06 bits per heavy atom. The van der Waals surface area contributed by atoms with Crippen molar-refractivity contribution in [3.05, 3.63) is 57.0 Å². The van der Waals surface area contributed by atoms with Gasteiger partial charge in [-0.2, -0.15) is 0 Å². The second-order valence-corrected chi connectivity index (χ2v) is 5.63. The molecule has 2 aromatic heterocycles. The number of hydrogen-bond acceptors (Lipinski definition) is 3. The minimum atomic E-state index is 0.0856. The quantitative estimate of drug-likeness (QED) is 0.681. The van der Waals surface area contributed by atoms with Crippen LogP contribution in [0.1, 0.15) is 4.88 Å². The molecule has 0 fully saturated rings. The zero-order valence-corrected chi connectivity index (χ0v) is 10.1. The van der Waals surface area contributed by atoms with Crippen LogP contribution in [0, 0.1) is 0 Å². The van der Waals surface area contributed by atoms with Crippen molar-refractivity contribution in [2.24, 2.45) is 0 Å². The Morgan fingerprint density at radius 3 is 2.81 bits per heavy atom. The van der Waals surface area contributed by atoms with Crippen molar-refractivity contribution in [1.29, 1.82) is 0 Å². The van der Waals surface area contributed by atoms with Gasteiger partial charge in [0.1, 0.15) is 0 Å². The molecule has 16 heavy (non-hydrogen) atoms. The standard InChI is InChI=1S/C12H9NOS2/c14-12-5-6-15-13(12)8-10-7-9-3-1-2-4-11(9)16-10/h1-7H,8H2. The van der Waals surface area contributed by atoms with E-state index in [4.69, 9.17) is 0 Å². The minimum Gasteiger partial charge on any atom is -0.268 e. The van der Waals surface area contributed by atoms with Crippen molar-refractivity contribution in [3.8, 4) is 0 Å². The van der Waals surface area contributed by atoms with Crippen molar-refractivity contribution in [1.82, 2.24) is 3.96 Å². The maximum atomic E-state index is 11.4. The molecule has 2 heterocycles. The Hall–Kier alpha value is -1.39. The largest absolute Gasteiger partial charge is 0.268 e. The predicted octanol–water partition coefficient (Wildman–Crippen LogP) is 3.17. The van der Waals surface area contributed by atoms with Gasteiger partial charge in [0, 0.05) is 21.0 Å². The zero-order valence-electron chi connectivity index (χ0n) is 8.42. The molecule has 0 saturated carbocycles. The van der Waals surface area contributed by atoms with Gasteiger partial charge in [-0.05, 0) is 17.5 Å². The van der Waals surface area contributed by atoms with Gasteiger partial charge in [-0.3, -0.25) is 8.75 Å². The van der Waals surface area contributed by atoms with Crippen LogP contribution in [0.3, 0.4) is 0 Å². The van der Waals surface area contributed by atoms with E-state index in [-0.39, 0.29) is 5.56 Å². The van der Waals surface area contributed by atoms with E-state index in [0.717, 1.165) is 0 Å². The van der Waals surface area contributed by atoms with Crippen LogP contribution in [0.4, 0.5) is 0 Å². The number of thiophene rings is 1. The summed E-state index contributed by atoms with van der Waals surface area (Å²) in [6, 6.07) is 12.1. The molecule has 0 N–H and O–H groups in total. The summed E-state index contributed by atoms with van der Waals surface area (Å²) in [6.07, 6.45) is 0. The molecular weight excluding hydrogens is 238 g/mol. The van der Waals surface area contributed by atoms with E-state index in [1.807, 2.05) is 17.5 Å². The molecule has 3 aromatic rings. The Balaban J connectivity index is 2.01. The minimum absolute atomic E-state index is 0.0856. The highest BCUT2D eigenvalue weighted by Gasteiger charge is 2.03. The summed E-state index contributed by atoms with van der Waals surface area (Å²) in [6.45, 7) is 0.690. The topological polar surface area (TPSA) is 22.0 Å². The molecule has 80 valence electrons. The zero-order chi connectivity index (χ0) is 11.0. The number of rotatable bonds is 2. The number of hydrogen-bond donors (Lipinski definition) is 0. The van der Waals surface area contributed by atoms with Crippen LogP contribution in [0.2, 0.25) is 0 Å². The molecule has 0 unspecified atom stereocenters. The van der Waals surface area contributed by atoms with Crippen molar-refractivity contribution < 1.29 is 0 Å². The van der Waals surface area contributed by atoms with Gasteiger partial charge in [0.15, 0.2) is 0 Å². The summed E-state index contributed by atoms with van der Waals surface area (Å²) in [7, 11) is 0. The molecule has 3 rings (SSSR count). The van der Waals surface area contributed by atoms with Crippen LogP contribution in [0.15, 0.2) is 46.6 Å². The van der Waals surface area contributed by atoms with Gasteiger partial charge >= 0.3 is 0 Å². The van der Waals surface area contributed by atoms with E-state index in [9.17, 15) is 4.79 Å². The van der Waals surface area contributed by atoms with E-state index in [0.29, 0.717) is 6.54 Å². The number of aromatic nitrogens is 1. The van der Waals surface area contributed by atoms with Crippen LogP contribution in [0.5, 0.6) is 0 Å². The number of nitrogens with zero attached hydrogens (tertiary/aromatic N) is 1. The first-order valence-electron chi connectivity index (χ1n) is 4.95. The van der Waals surface area contributed by atoms with Gasteiger partial charge in [-0.15, -0.1) is 11.3 Å². The van der Waals surface area contributed by atoms with Gasteiger partial charge in [-0.1, -0.05) is 29.7 Å². The third-order valence-electron chi connectivity index (χ3n) is 2.42. The summed E-state index contributed by atoms with van der Waals surface area (Å²) in [5.74, 6) is 0. The molecule has 0 amide bonds. The lowest BCUT2D eigenvalue weighted by Crippen LogP contribution is -2.11. The lowest BCUT2D eigenvalue weighted by Gasteiger charge is -1.95. The average molecular weight is 247 g/mol. The summed E-state index contributed by atoms with van der Waals surface area (Å²) in [5.41, 5.74) is 0.0856. The van der Waals surface area contributed by atoms with Crippen LogP contribution < -0.4 is 5.56 Å². The fourth-order valence-electron chi connectivity index (χ4n) is 1.67. The van der Waals surface area contributed by atoms with Gasteiger partial charge in [-0.25, -0.2) is 0 Å². The molecule has 0 aliphatic heterocycles. The number of benzene rings is 1. The Kier molecular flexibility index (Phi) is 2.38. The van der Waals surface area contributed by atoms with Crippen LogP contribution in [0.25, 0.3) is 10.1 Å². The van der Waals surface area contributed by atoms with Crippen molar-refractivity contribution in [2.45, 2.75) is 6.54 Å². The molecule has 0 aliphatic rings. The number of fused-ring (bicyclic) bond motifs is 1. The summed E-state index contributed by atoms with van der Waals surface area (Å²) in [4.78, 5) is 12.6. The van der Waals surface area contributed by atoms with Gasteiger partial charge < -0.3 is 0 Å². The van der Waals surface area contributed by atoms with E-state index < -0.39 is 0 Å². The molecular formula is C12H9NOS2. The molecule has 0 spiro atoms. The first-order chi connectivity index (χ1) is 7.83. The van der Waals surface area contributed by atoms with Crippen LogP contribution in [-0.4, -0.2) is 3.96 Å². The molecule has 0 radical (unpaired) electrons. The molecule has 0 atom stereocenters. The smallest absolute Gasteiger partial charge is 0.260 e. The van der Waals surface area contributed by atoms with Crippen LogP contribution >= 0.6 is 22.9 Å². The lowest BCUT2D eigenvalue weighted by atomic mass is 10.2. The van der Waals surface area contributed by atoms with E-state index in [1.165, 1.54) is 26.5 Å². The summed E-state index contributed by atoms with van der Waals surface area (Å²) < 4.78 is 3.05. The van der Waals surface area contributed by atoms with Gasteiger partial charge in [0.25, 0.3) is 5.56 Å². The Labute approximate surface area is 101 Å².